The lowest BCUT2D eigenvalue weighted by Crippen LogP contribution is -2.27. The van der Waals surface area contributed by atoms with Crippen LogP contribution in [0, 0.1) is 12.8 Å². The number of ether oxygens (including phenoxy) is 2. The lowest BCUT2D eigenvalue weighted by atomic mass is 10.2. The van der Waals surface area contributed by atoms with Crippen LogP contribution in [0.15, 0.2) is 11.4 Å². The molecule has 0 aromatic carbocycles. The monoisotopic (exact) mass is 393 g/mol. The molecule has 0 saturated carbocycles. The molecule has 1 amide bonds. The van der Waals surface area contributed by atoms with E-state index in [1.807, 2.05) is 17.6 Å². The number of nitrogens with one attached hydrogen (secondary N) is 1. The predicted molar refractivity (Wildman–Crippen MR) is 105 cm³/mol. The van der Waals surface area contributed by atoms with Gasteiger partial charge in [0.25, 0.3) is 5.91 Å². The number of nitrogens with zero attached hydrogens (tertiary/aromatic N) is 2. The van der Waals surface area contributed by atoms with Crippen molar-refractivity contribution in [1.29, 1.82) is 0 Å². The van der Waals surface area contributed by atoms with Gasteiger partial charge in [-0.1, -0.05) is 13.8 Å². The van der Waals surface area contributed by atoms with Crippen molar-refractivity contribution in [3.05, 3.63) is 27.7 Å². The normalized spacial score (nSPS) is 11.0. The molecule has 8 heteroatoms. The quantitative estimate of drug-likeness (QED) is 0.662. The maximum Gasteiger partial charge on any atom is 0.367 e. The summed E-state index contributed by atoms with van der Waals surface area (Å²) in [5.41, 5.74) is 2.87. The smallest absolute Gasteiger partial charge is 0.367 e. The second kappa shape index (κ2) is 9.66. The molecule has 0 radical (unpaired) electrons. The summed E-state index contributed by atoms with van der Waals surface area (Å²) in [6, 6.07) is 1.82. The van der Waals surface area contributed by atoms with E-state index in [1.165, 1.54) is 11.3 Å². The van der Waals surface area contributed by atoms with Crippen molar-refractivity contribution >= 4 is 23.2 Å². The van der Waals surface area contributed by atoms with Crippen LogP contribution in [0.3, 0.4) is 0 Å². The topological polar surface area (TPSA) is 82.5 Å². The Labute approximate surface area is 163 Å². The minimum atomic E-state index is -0.435. The number of esters is 1. The Bertz CT molecular complexity index is 795. The third kappa shape index (κ3) is 5.17. The molecule has 2 rings (SSSR count). The van der Waals surface area contributed by atoms with Gasteiger partial charge in [-0.25, -0.2) is 9.78 Å². The Morgan fingerprint density at radius 3 is 2.74 bits per heavy atom. The van der Waals surface area contributed by atoms with Crippen LogP contribution >= 0.6 is 11.3 Å². The molecule has 0 aliphatic heterocycles. The van der Waals surface area contributed by atoms with Crippen molar-refractivity contribution in [3.63, 3.8) is 0 Å². The van der Waals surface area contributed by atoms with Gasteiger partial charge in [-0.3, -0.25) is 4.79 Å². The number of amides is 1. The molecule has 0 bridgehead atoms. The number of aromatic nitrogens is 2. The first-order valence-corrected chi connectivity index (χ1v) is 9.87. The lowest BCUT2D eigenvalue weighted by Gasteiger charge is -2.11. The summed E-state index contributed by atoms with van der Waals surface area (Å²) in [5.74, 6) is -0.176. The first-order chi connectivity index (χ1) is 12.9. The zero-order valence-electron chi connectivity index (χ0n) is 16.5. The zero-order chi connectivity index (χ0) is 20.0. The van der Waals surface area contributed by atoms with Crippen LogP contribution in [0.1, 0.15) is 46.6 Å². The van der Waals surface area contributed by atoms with E-state index in [-0.39, 0.29) is 5.91 Å². The zero-order valence-corrected chi connectivity index (χ0v) is 17.3. The highest BCUT2D eigenvalue weighted by atomic mass is 32.1. The molecule has 7 nitrogen and oxygen atoms in total. The van der Waals surface area contributed by atoms with Crippen LogP contribution in [0.2, 0.25) is 0 Å². The summed E-state index contributed by atoms with van der Waals surface area (Å²) in [7, 11) is 1.64. The molecule has 2 aromatic rings. The van der Waals surface area contributed by atoms with Crippen molar-refractivity contribution in [2.24, 2.45) is 5.92 Å². The maximum absolute atomic E-state index is 12.6. The average Bonchev–Trinajstić information content (AvgIpc) is 3.23. The van der Waals surface area contributed by atoms with Gasteiger partial charge in [0.05, 0.1) is 30.2 Å². The van der Waals surface area contributed by atoms with Gasteiger partial charge >= 0.3 is 5.97 Å². The molecule has 2 heterocycles. The third-order valence-corrected chi connectivity index (χ3v) is 4.84. The molecule has 27 heavy (non-hydrogen) atoms. The number of hydrogen-bond acceptors (Lipinski definition) is 6. The van der Waals surface area contributed by atoms with E-state index in [0.717, 1.165) is 11.4 Å². The Hall–Kier alpha value is -2.19. The number of carbonyl (C=O) groups is 2. The molecule has 0 aliphatic carbocycles. The van der Waals surface area contributed by atoms with E-state index in [2.05, 4.69) is 24.1 Å². The molecule has 1 N–H and O–H groups in total. The van der Waals surface area contributed by atoms with Crippen molar-refractivity contribution in [1.82, 2.24) is 14.9 Å². The van der Waals surface area contributed by atoms with Gasteiger partial charge in [0, 0.05) is 31.3 Å². The van der Waals surface area contributed by atoms with E-state index in [1.54, 1.807) is 19.4 Å². The average molecular weight is 394 g/mol. The summed E-state index contributed by atoms with van der Waals surface area (Å²) < 4.78 is 12.2. The number of carbonyl (C=O) groups excluding carboxylic acids is 2. The molecule has 0 saturated heterocycles. The highest BCUT2D eigenvalue weighted by molar-refractivity contribution is 7.11. The lowest BCUT2D eigenvalue weighted by molar-refractivity contribution is 0.0526. The summed E-state index contributed by atoms with van der Waals surface area (Å²) in [4.78, 5) is 28.9. The minimum absolute atomic E-state index is 0.112. The molecule has 0 atom stereocenters. The van der Waals surface area contributed by atoms with Crippen molar-refractivity contribution in [2.75, 3.05) is 26.9 Å². The second-order valence-electron chi connectivity index (χ2n) is 6.54. The van der Waals surface area contributed by atoms with Crippen LogP contribution in [-0.4, -0.2) is 48.3 Å². The first-order valence-electron chi connectivity index (χ1n) is 8.99. The van der Waals surface area contributed by atoms with Crippen LogP contribution in [-0.2, 0) is 16.0 Å². The highest BCUT2D eigenvalue weighted by Crippen LogP contribution is 2.28. The maximum atomic E-state index is 12.6. The SMILES string of the molecule is CCOC(=O)c1nc(-c2cc(C(=O)NCC(C)C)c(C)n2CCOC)cs1. The van der Waals surface area contributed by atoms with Gasteiger partial charge in [0.1, 0.15) is 0 Å². The Morgan fingerprint density at radius 2 is 2.11 bits per heavy atom. The minimum Gasteiger partial charge on any atom is -0.461 e. The number of methoxy groups -OCH3 is 1. The van der Waals surface area contributed by atoms with Gasteiger partial charge in [-0.2, -0.15) is 0 Å². The van der Waals surface area contributed by atoms with Crippen LogP contribution < -0.4 is 5.32 Å². The summed E-state index contributed by atoms with van der Waals surface area (Å²) in [5, 5.41) is 5.06. The molecule has 0 spiro atoms. The molecule has 0 aliphatic rings. The molecule has 0 unspecified atom stereocenters. The standard InChI is InChI=1S/C19H27N3O4S/c1-6-26-19(24)18-21-15(11-27-18)16-9-14(17(23)20-10-12(2)3)13(4)22(16)7-8-25-5/h9,11-12H,6-8,10H2,1-5H3,(H,20,23). The molecular formula is C19H27N3O4S. The molecule has 2 aromatic heterocycles. The van der Waals surface area contributed by atoms with Gasteiger partial charge in [-0.15, -0.1) is 11.3 Å². The van der Waals surface area contributed by atoms with E-state index in [0.29, 0.717) is 48.5 Å². The molecule has 148 valence electrons. The van der Waals surface area contributed by atoms with Crippen LogP contribution in [0.25, 0.3) is 11.4 Å². The first kappa shape index (κ1) is 21.1. The van der Waals surface area contributed by atoms with Crippen molar-refractivity contribution < 1.29 is 19.1 Å². The fraction of sp³-hybridized carbons (Fsp3) is 0.526. The Kier molecular flexibility index (Phi) is 7.55. The van der Waals surface area contributed by atoms with E-state index in [4.69, 9.17) is 9.47 Å². The van der Waals surface area contributed by atoms with Crippen LogP contribution in [0.5, 0.6) is 0 Å². The molecule has 0 fully saturated rings. The van der Waals surface area contributed by atoms with Gasteiger partial charge in [0.15, 0.2) is 0 Å². The largest absolute Gasteiger partial charge is 0.461 e. The summed E-state index contributed by atoms with van der Waals surface area (Å²) in [6.07, 6.45) is 0. The van der Waals surface area contributed by atoms with Crippen molar-refractivity contribution in [3.8, 4) is 11.4 Å². The van der Waals surface area contributed by atoms with Gasteiger partial charge in [-0.05, 0) is 25.8 Å². The molecular weight excluding hydrogens is 366 g/mol. The van der Waals surface area contributed by atoms with E-state index >= 15 is 0 Å². The fourth-order valence-electron chi connectivity index (χ4n) is 2.63. The van der Waals surface area contributed by atoms with Gasteiger partial charge in [0.2, 0.25) is 5.01 Å². The fourth-order valence-corrected chi connectivity index (χ4v) is 3.33. The van der Waals surface area contributed by atoms with Crippen molar-refractivity contribution in [2.45, 2.75) is 34.2 Å². The third-order valence-electron chi connectivity index (χ3n) is 4.02. The highest BCUT2D eigenvalue weighted by Gasteiger charge is 2.21. The van der Waals surface area contributed by atoms with E-state index < -0.39 is 5.97 Å². The number of rotatable bonds is 9. The number of hydrogen-bond donors (Lipinski definition) is 1. The predicted octanol–water partition coefficient (Wildman–Crippen LogP) is 3.13. The Morgan fingerprint density at radius 1 is 1.37 bits per heavy atom. The summed E-state index contributed by atoms with van der Waals surface area (Å²) >= 11 is 1.23. The second-order valence-corrected chi connectivity index (χ2v) is 7.39. The summed E-state index contributed by atoms with van der Waals surface area (Å²) in [6.45, 7) is 9.77. The van der Waals surface area contributed by atoms with Gasteiger partial charge < -0.3 is 19.4 Å². The van der Waals surface area contributed by atoms with E-state index in [9.17, 15) is 9.59 Å². The van der Waals surface area contributed by atoms with Crippen LogP contribution in [0.4, 0.5) is 0 Å². The number of thiazole rings is 1. The Balaban J connectivity index is 2.38.